The summed E-state index contributed by atoms with van der Waals surface area (Å²) >= 11 is 0. The van der Waals surface area contributed by atoms with E-state index in [9.17, 15) is 0 Å². The van der Waals surface area contributed by atoms with E-state index in [2.05, 4.69) is 45.9 Å². The third kappa shape index (κ3) is 1.58. The molecule has 0 saturated heterocycles. The molecule has 2 rings (SSSR count). The maximum absolute atomic E-state index is 6.18. The first kappa shape index (κ1) is 11.7. The largest absolute Gasteiger partial charge is 0.327 e. The second-order valence-electron chi connectivity index (χ2n) is 5.61. The van der Waals surface area contributed by atoms with E-state index < -0.39 is 0 Å². The molecule has 1 heteroatoms. The van der Waals surface area contributed by atoms with Gasteiger partial charge in [0.05, 0.1) is 0 Å². The number of hydrogen-bond acceptors (Lipinski definition) is 1. The molecule has 1 aromatic carbocycles. The van der Waals surface area contributed by atoms with Crippen LogP contribution in [0.5, 0.6) is 0 Å². The van der Waals surface area contributed by atoms with Gasteiger partial charge in [0.2, 0.25) is 0 Å². The van der Waals surface area contributed by atoms with Crippen LogP contribution in [0.4, 0.5) is 0 Å². The molecule has 0 aromatic heterocycles. The van der Waals surface area contributed by atoms with Crippen molar-refractivity contribution in [2.24, 2.45) is 11.1 Å². The Balaban J connectivity index is 2.36. The Morgan fingerprint density at radius 3 is 2.62 bits per heavy atom. The highest BCUT2D eigenvalue weighted by Crippen LogP contribution is 2.54. The molecule has 16 heavy (non-hydrogen) atoms. The van der Waals surface area contributed by atoms with E-state index in [0.717, 1.165) is 6.42 Å². The van der Waals surface area contributed by atoms with Crippen molar-refractivity contribution in [3.63, 3.8) is 0 Å². The molecule has 1 aliphatic rings. The van der Waals surface area contributed by atoms with Gasteiger partial charge in [-0.15, -0.1) is 0 Å². The number of rotatable bonds is 2. The molecule has 88 valence electrons. The quantitative estimate of drug-likeness (QED) is 0.805. The fourth-order valence-corrected chi connectivity index (χ4v) is 3.02. The maximum atomic E-state index is 6.18. The normalized spacial score (nSPS) is 33.6. The molecule has 0 spiro atoms. The van der Waals surface area contributed by atoms with Crippen LogP contribution in [-0.2, 0) is 0 Å². The zero-order valence-corrected chi connectivity index (χ0v) is 10.9. The fraction of sp³-hybridized carbons (Fsp3) is 0.600. The van der Waals surface area contributed by atoms with Gasteiger partial charge in [-0.1, -0.05) is 37.6 Å². The number of hydrogen-bond donors (Lipinski definition) is 1. The molecular weight excluding hydrogens is 194 g/mol. The van der Waals surface area contributed by atoms with Crippen LogP contribution in [-0.4, -0.2) is 6.04 Å². The summed E-state index contributed by atoms with van der Waals surface area (Å²) in [7, 11) is 0. The van der Waals surface area contributed by atoms with Crippen LogP contribution in [0.2, 0.25) is 0 Å². The first-order valence-corrected chi connectivity index (χ1v) is 6.31. The number of aryl methyl sites for hydroxylation is 2. The van der Waals surface area contributed by atoms with Crippen molar-refractivity contribution < 1.29 is 0 Å². The summed E-state index contributed by atoms with van der Waals surface area (Å²) in [6.45, 7) is 8.99. The van der Waals surface area contributed by atoms with Crippen molar-refractivity contribution in [3.8, 4) is 0 Å². The van der Waals surface area contributed by atoms with Gasteiger partial charge in [-0.2, -0.15) is 0 Å². The van der Waals surface area contributed by atoms with Gasteiger partial charge in [0, 0.05) is 6.04 Å². The van der Waals surface area contributed by atoms with Gasteiger partial charge < -0.3 is 5.73 Å². The standard InChI is InChI=1S/C15H23N/c1-5-15(4)13(9-14(15)16)12-8-10(2)6-7-11(12)3/h6-8,13-14H,5,9,16H2,1-4H3. The van der Waals surface area contributed by atoms with Crippen LogP contribution in [0.3, 0.4) is 0 Å². The van der Waals surface area contributed by atoms with Crippen LogP contribution in [0.1, 0.15) is 49.3 Å². The molecule has 1 aliphatic carbocycles. The van der Waals surface area contributed by atoms with Gasteiger partial charge in [0.25, 0.3) is 0 Å². The van der Waals surface area contributed by atoms with Gasteiger partial charge in [0.15, 0.2) is 0 Å². The number of nitrogens with two attached hydrogens (primary N) is 1. The molecule has 1 nitrogen and oxygen atoms in total. The minimum absolute atomic E-state index is 0.304. The van der Waals surface area contributed by atoms with Crippen LogP contribution >= 0.6 is 0 Å². The molecule has 0 heterocycles. The molecule has 3 atom stereocenters. The van der Waals surface area contributed by atoms with Crippen LogP contribution in [0.25, 0.3) is 0 Å². The summed E-state index contributed by atoms with van der Waals surface area (Å²) in [5.41, 5.74) is 10.8. The van der Waals surface area contributed by atoms with Gasteiger partial charge in [-0.25, -0.2) is 0 Å². The summed E-state index contributed by atoms with van der Waals surface area (Å²) in [5, 5.41) is 0. The molecule has 0 radical (unpaired) electrons. The second kappa shape index (κ2) is 3.89. The van der Waals surface area contributed by atoms with Gasteiger partial charge in [-0.05, 0) is 49.1 Å². The molecule has 1 fully saturated rings. The Kier molecular flexibility index (Phi) is 2.83. The van der Waals surface area contributed by atoms with Crippen molar-refractivity contribution in [3.05, 3.63) is 34.9 Å². The summed E-state index contributed by atoms with van der Waals surface area (Å²) in [4.78, 5) is 0. The average Bonchev–Trinajstić information content (AvgIpc) is 2.28. The van der Waals surface area contributed by atoms with E-state index in [1.165, 1.54) is 23.1 Å². The molecule has 1 saturated carbocycles. The minimum Gasteiger partial charge on any atom is -0.327 e. The summed E-state index contributed by atoms with van der Waals surface area (Å²) in [5.74, 6) is 0.660. The fourth-order valence-electron chi connectivity index (χ4n) is 3.02. The Bertz CT molecular complexity index is 396. The molecule has 0 aliphatic heterocycles. The lowest BCUT2D eigenvalue weighted by atomic mass is 9.54. The maximum Gasteiger partial charge on any atom is 0.0105 e. The van der Waals surface area contributed by atoms with E-state index in [0.29, 0.717) is 17.4 Å². The lowest BCUT2D eigenvalue weighted by Crippen LogP contribution is -2.54. The third-order valence-electron chi connectivity index (χ3n) is 4.70. The lowest BCUT2D eigenvalue weighted by Gasteiger charge is -2.53. The first-order valence-electron chi connectivity index (χ1n) is 6.31. The Labute approximate surface area is 99.0 Å². The molecule has 1 aromatic rings. The van der Waals surface area contributed by atoms with Crippen LogP contribution in [0.15, 0.2) is 18.2 Å². The van der Waals surface area contributed by atoms with Crippen molar-refractivity contribution >= 4 is 0 Å². The van der Waals surface area contributed by atoms with Crippen molar-refractivity contribution in [1.82, 2.24) is 0 Å². The molecule has 0 amide bonds. The smallest absolute Gasteiger partial charge is 0.0105 e. The number of benzene rings is 1. The second-order valence-corrected chi connectivity index (χ2v) is 5.61. The van der Waals surface area contributed by atoms with Crippen LogP contribution < -0.4 is 5.73 Å². The monoisotopic (exact) mass is 217 g/mol. The summed E-state index contributed by atoms with van der Waals surface area (Å²) in [6, 6.07) is 7.16. The first-order chi connectivity index (χ1) is 7.49. The average molecular weight is 217 g/mol. The van der Waals surface area contributed by atoms with Crippen molar-refractivity contribution in [1.29, 1.82) is 0 Å². The summed E-state index contributed by atoms with van der Waals surface area (Å²) < 4.78 is 0. The van der Waals surface area contributed by atoms with Crippen LogP contribution in [0, 0.1) is 19.3 Å². The minimum atomic E-state index is 0.304. The highest BCUT2D eigenvalue weighted by atomic mass is 14.8. The van der Waals surface area contributed by atoms with Gasteiger partial charge in [-0.3, -0.25) is 0 Å². The predicted octanol–water partition coefficient (Wildman–Crippen LogP) is 3.53. The van der Waals surface area contributed by atoms with E-state index in [1.54, 1.807) is 0 Å². The Morgan fingerprint density at radius 2 is 2.06 bits per heavy atom. The van der Waals surface area contributed by atoms with Gasteiger partial charge >= 0.3 is 0 Å². The molecule has 3 unspecified atom stereocenters. The predicted molar refractivity (Wildman–Crippen MR) is 69.6 cm³/mol. The highest BCUT2D eigenvalue weighted by Gasteiger charge is 2.49. The Morgan fingerprint density at radius 1 is 1.38 bits per heavy atom. The molecule has 2 N–H and O–H groups in total. The highest BCUT2D eigenvalue weighted by molar-refractivity contribution is 5.37. The van der Waals surface area contributed by atoms with E-state index in [1.807, 2.05) is 0 Å². The van der Waals surface area contributed by atoms with Crippen molar-refractivity contribution in [2.75, 3.05) is 0 Å². The van der Waals surface area contributed by atoms with Crippen molar-refractivity contribution in [2.45, 2.75) is 52.5 Å². The van der Waals surface area contributed by atoms with E-state index in [-0.39, 0.29) is 0 Å². The Hall–Kier alpha value is -0.820. The van der Waals surface area contributed by atoms with E-state index >= 15 is 0 Å². The topological polar surface area (TPSA) is 26.0 Å². The van der Waals surface area contributed by atoms with Gasteiger partial charge in [0.1, 0.15) is 0 Å². The molecular formula is C15H23N. The third-order valence-corrected chi connectivity index (χ3v) is 4.70. The summed E-state index contributed by atoms with van der Waals surface area (Å²) in [6.07, 6.45) is 2.32. The lowest BCUT2D eigenvalue weighted by molar-refractivity contribution is 0.0702. The molecule has 0 bridgehead atoms. The SMILES string of the molecule is CCC1(C)C(N)CC1c1cc(C)ccc1C. The zero-order valence-electron chi connectivity index (χ0n) is 10.9. The van der Waals surface area contributed by atoms with E-state index in [4.69, 9.17) is 5.73 Å². The zero-order chi connectivity index (χ0) is 11.9.